The smallest absolute Gasteiger partial charge is 0.369 e. The summed E-state index contributed by atoms with van der Waals surface area (Å²) in [6, 6.07) is 8.07. The van der Waals surface area contributed by atoms with Crippen molar-refractivity contribution in [1.29, 1.82) is 0 Å². The third kappa shape index (κ3) is 5.62. The van der Waals surface area contributed by atoms with E-state index in [9.17, 15) is 32.7 Å². The van der Waals surface area contributed by atoms with Gasteiger partial charge in [0, 0.05) is 18.7 Å². The molecule has 0 bridgehead atoms. The molecule has 4 rings (SSSR count). The third-order valence-corrected chi connectivity index (χ3v) is 7.65. The van der Waals surface area contributed by atoms with Gasteiger partial charge in [0.2, 0.25) is 0 Å². The van der Waals surface area contributed by atoms with Gasteiger partial charge in [-0.3, -0.25) is 14.4 Å². The Kier molecular flexibility index (Phi) is 7.39. The number of carbonyl (C=O) groups excluding carboxylic acids is 3. The van der Waals surface area contributed by atoms with Gasteiger partial charge in [-0.1, -0.05) is 23.7 Å². The van der Waals surface area contributed by atoms with Crippen LogP contribution < -0.4 is 10.6 Å². The van der Waals surface area contributed by atoms with Crippen molar-refractivity contribution in [2.75, 3.05) is 18.4 Å². The number of fused-ring (bicyclic) bond motifs is 1. The molecule has 0 spiro atoms. The van der Waals surface area contributed by atoms with Crippen molar-refractivity contribution >= 4 is 46.3 Å². The highest BCUT2D eigenvalue weighted by molar-refractivity contribution is 7.18. The van der Waals surface area contributed by atoms with Crippen LogP contribution in [-0.4, -0.2) is 47.0 Å². The molecule has 2 heterocycles. The SMILES string of the molecule is O=C(Nc1cccc2c1C(=O)N(CC1CCC(CNC(=O)C(F)(F)F)CC1)C2O)c1ccc(Cl)s1. The molecule has 0 radical (unpaired) electrons. The van der Waals surface area contributed by atoms with Crippen molar-refractivity contribution in [2.24, 2.45) is 11.8 Å². The quantitative estimate of drug-likeness (QED) is 0.510. The maximum atomic E-state index is 13.2. The van der Waals surface area contributed by atoms with Crippen LogP contribution in [0.3, 0.4) is 0 Å². The van der Waals surface area contributed by atoms with E-state index in [0.29, 0.717) is 46.1 Å². The van der Waals surface area contributed by atoms with Crippen LogP contribution in [0.2, 0.25) is 4.34 Å². The van der Waals surface area contributed by atoms with Crippen LogP contribution in [0.15, 0.2) is 30.3 Å². The number of amides is 3. The molecule has 1 atom stereocenters. The number of nitrogens with zero attached hydrogens (tertiary/aromatic N) is 1. The van der Waals surface area contributed by atoms with Crippen molar-refractivity contribution < 1.29 is 32.7 Å². The molecule has 12 heteroatoms. The zero-order valence-corrected chi connectivity index (χ0v) is 20.0. The Labute approximate surface area is 208 Å². The van der Waals surface area contributed by atoms with E-state index in [2.05, 4.69) is 5.32 Å². The molecule has 1 aromatic carbocycles. The van der Waals surface area contributed by atoms with Crippen LogP contribution in [0.25, 0.3) is 0 Å². The molecule has 1 unspecified atom stereocenters. The average molecular weight is 530 g/mol. The van der Waals surface area contributed by atoms with Gasteiger partial charge in [-0.15, -0.1) is 11.3 Å². The Hall–Kier alpha value is -2.63. The van der Waals surface area contributed by atoms with Crippen molar-refractivity contribution in [2.45, 2.75) is 38.1 Å². The minimum Gasteiger partial charge on any atom is -0.369 e. The number of halogens is 4. The molecule has 1 aliphatic heterocycles. The van der Waals surface area contributed by atoms with E-state index >= 15 is 0 Å². The second kappa shape index (κ2) is 10.2. The lowest BCUT2D eigenvalue weighted by Crippen LogP contribution is -2.40. The van der Waals surface area contributed by atoms with Crippen LogP contribution in [-0.2, 0) is 4.79 Å². The summed E-state index contributed by atoms with van der Waals surface area (Å²) in [5.41, 5.74) is 0.938. The lowest BCUT2D eigenvalue weighted by Gasteiger charge is -2.32. The molecular weight excluding hydrogens is 507 g/mol. The molecule has 1 fully saturated rings. The van der Waals surface area contributed by atoms with Crippen LogP contribution in [0, 0.1) is 11.8 Å². The van der Waals surface area contributed by atoms with Crippen LogP contribution >= 0.6 is 22.9 Å². The number of nitrogens with one attached hydrogen (secondary N) is 2. The van der Waals surface area contributed by atoms with Gasteiger partial charge in [-0.05, 0) is 55.7 Å². The predicted octanol–water partition coefficient (Wildman–Crippen LogP) is 4.59. The predicted molar refractivity (Wildman–Crippen MR) is 124 cm³/mol. The number of anilines is 1. The number of carbonyl (C=O) groups is 3. The number of rotatable bonds is 6. The van der Waals surface area contributed by atoms with Gasteiger partial charge in [0.1, 0.15) is 0 Å². The molecular formula is C23H23ClF3N3O4S. The zero-order valence-electron chi connectivity index (χ0n) is 18.4. The van der Waals surface area contributed by atoms with Crippen molar-refractivity contribution in [1.82, 2.24) is 10.2 Å². The Morgan fingerprint density at radius 1 is 1.11 bits per heavy atom. The summed E-state index contributed by atoms with van der Waals surface area (Å²) in [5, 5.41) is 15.5. The van der Waals surface area contributed by atoms with Gasteiger partial charge >= 0.3 is 12.1 Å². The third-order valence-electron chi connectivity index (χ3n) is 6.42. The fourth-order valence-corrected chi connectivity index (χ4v) is 5.53. The van der Waals surface area contributed by atoms with E-state index < -0.39 is 30.1 Å². The summed E-state index contributed by atoms with van der Waals surface area (Å²) >= 11 is 7.00. The molecule has 2 aromatic rings. The lowest BCUT2D eigenvalue weighted by molar-refractivity contribution is -0.173. The van der Waals surface area contributed by atoms with E-state index in [-0.39, 0.29) is 30.5 Å². The summed E-state index contributed by atoms with van der Waals surface area (Å²) in [6.45, 7) is 0.241. The number of aliphatic hydroxyl groups excluding tert-OH is 1. The Bertz CT molecular complexity index is 1130. The molecule has 0 saturated heterocycles. The van der Waals surface area contributed by atoms with Gasteiger partial charge in [0.25, 0.3) is 11.8 Å². The second-order valence-corrected chi connectivity index (χ2v) is 10.5. The molecule has 7 nitrogen and oxygen atoms in total. The van der Waals surface area contributed by atoms with Crippen molar-refractivity contribution in [3.8, 4) is 0 Å². The van der Waals surface area contributed by atoms with Gasteiger partial charge < -0.3 is 20.6 Å². The highest BCUT2D eigenvalue weighted by Gasteiger charge is 2.40. The first-order valence-corrected chi connectivity index (χ1v) is 12.3. The number of alkyl halides is 3. The molecule has 1 saturated carbocycles. The van der Waals surface area contributed by atoms with Crippen LogP contribution in [0.4, 0.5) is 18.9 Å². The first-order valence-electron chi connectivity index (χ1n) is 11.1. The average Bonchev–Trinajstić information content (AvgIpc) is 3.35. The molecule has 3 N–H and O–H groups in total. The molecule has 188 valence electrons. The van der Waals surface area contributed by atoms with Gasteiger partial charge in [0.05, 0.1) is 20.5 Å². The second-order valence-electron chi connectivity index (χ2n) is 8.75. The fourth-order valence-electron chi connectivity index (χ4n) is 4.59. The molecule has 35 heavy (non-hydrogen) atoms. The van der Waals surface area contributed by atoms with Crippen molar-refractivity contribution in [3.05, 3.63) is 50.7 Å². The minimum atomic E-state index is -4.90. The highest BCUT2D eigenvalue weighted by Crippen LogP contribution is 2.39. The first kappa shape index (κ1) is 25.5. The fraction of sp³-hybridized carbons (Fsp3) is 0.435. The maximum absolute atomic E-state index is 13.2. The number of hydrogen-bond acceptors (Lipinski definition) is 5. The Morgan fingerprint density at radius 3 is 2.43 bits per heavy atom. The highest BCUT2D eigenvalue weighted by atomic mass is 35.5. The maximum Gasteiger partial charge on any atom is 0.471 e. The topological polar surface area (TPSA) is 98.7 Å². The summed E-state index contributed by atoms with van der Waals surface area (Å²) in [5.74, 6) is -2.75. The molecule has 1 aromatic heterocycles. The normalized spacial score (nSPS) is 22.1. The van der Waals surface area contributed by atoms with Gasteiger partial charge in [-0.2, -0.15) is 13.2 Å². The lowest BCUT2D eigenvalue weighted by atomic mass is 9.81. The molecule has 3 amide bonds. The first-order chi connectivity index (χ1) is 16.5. The number of thiophene rings is 1. The summed E-state index contributed by atoms with van der Waals surface area (Å²) in [7, 11) is 0. The molecule has 2 aliphatic rings. The van der Waals surface area contributed by atoms with E-state index in [0.717, 1.165) is 11.3 Å². The monoisotopic (exact) mass is 529 g/mol. The van der Waals surface area contributed by atoms with E-state index in [1.54, 1.807) is 30.3 Å². The minimum absolute atomic E-state index is 0.0414. The van der Waals surface area contributed by atoms with E-state index in [4.69, 9.17) is 11.6 Å². The Morgan fingerprint density at radius 2 is 1.80 bits per heavy atom. The number of benzene rings is 1. The zero-order chi connectivity index (χ0) is 25.3. The van der Waals surface area contributed by atoms with Gasteiger partial charge in [-0.25, -0.2) is 0 Å². The van der Waals surface area contributed by atoms with Crippen LogP contribution in [0.1, 0.15) is 57.5 Å². The summed E-state index contributed by atoms with van der Waals surface area (Å²) in [4.78, 5) is 38.5. The van der Waals surface area contributed by atoms with Gasteiger partial charge in [0.15, 0.2) is 6.23 Å². The standard InChI is InChI=1S/C23H23ClF3N3O4S/c24-17-9-8-16(35-17)19(31)29-15-3-1-2-14-18(15)21(33)30(20(14)32)11-13-6-4-12(5-7-13)10-28-22(34)23(25,26)27/h1-3,8-9,12-13,20,32H,4-7,10-11H2,(H,28,34)(H,29,31). The van der Waals surface area contributed by atoms with Crippen LogP contribution in [0.5, 0.6) is 0 Å². The molecule has 1 aliphatic carbocycles. The number of aliphatic hydroxyl groups is 1. The van der Waals surface area contributed by atoms with Crippen molar-refractivity contribution in [3.63, 3.8) is 0 Å². The largest absolute Gasteiger partial charge is 0.471 e. The van der Waals surface area contributed by atoms with E-state index in [1.807, 2.05) is 5.32 Å². The summed E-state index contributed by atoms with van der Waals surface area (Å²) < 4.78 is 37.6. The van der Waals surface area contributed by atoms with E-state index in [1.165, 1.54) is 4.90 Å². The number of hydrogen-bond donors (Lipinski definition) is 3. The Balaban J connectivity index is 1.36. The summed E-state index contributed by atoms with van der Waals surface area (Å²) in [6.07, 6.45) is -3.52.